The largest absolute Gasteiger partial charge is 0.383 e. The maximum absolute atomic E-state index is 5.35. The van der Waals surface area contributed by atoms with Crippen molar-refractivity contribution in [2.24, 2.45) is 0 Å². The van der Waals surface area contributed by atoms with E-state index in [9.17, 15) is 0 Å². The average molecular weight is 255 g/mol. The van der Waals surface area contributed by atoms with Gasteiger partial charge in [0.15, 0.2) is 5.76 Å². The molecule has 0 bridgehead atoms. The van der Waals surface area contributed by atoms with E-state index in [2.05, 4.69) is 36.1 Å². The molecule has 1 aromatic rings. The van der Waals surface area contributed by atoms with E-state index in [1.807, 2.05) is 6.07 Å². The van der Waals surface area contributed by atoms with Crippen molar-refractivity contribution in [3.63, 3.8) is 0 Å². The van der Waals surface area contributed by atoms with Crippen LogP contribution in [0.5, 0.6) is 0 Å². The normalized spacial score (nSPS) is 13.2. The Kier molecular flexibility index (Phi) is 6.93. The first-order chi connectivity index (χ1) is 8.71. The van der Waals surface area contributed by atoms with E-state index in [1.54, 1.807) is 7.11 Å². The summed E-state index contributed by atoms with van der Waals surface area (Å²) in [6.45, 7) is 10.5. The minimum Gasteiger partial charge on any atom is -0.383 e. The van der Waals surface area contributed by atoms with Crippen LogP contribution >= 0.6 is 0 Å². The predicted octanol–water partition coefficient (Wildman–Crippen LogP) is 1.64. The van der Waals surface area contributed by atoms with E-state index in [1.165, 1.54) is 0 Å². The Balaban J connectivity index is 2.50. The zero-order valence-corrected chi connectivity index (χ0v) is 11.9. The number of ether oxygens (including phenoxy) is 1. The van der Waals surface area contributed by atoms with Crippen molar-refractivity contribution in [3.05, 3.63) is 17.5 Å². The molecule has 1 unspecified atom stereocenters. The summed E-state index contributed by atoms with van der Waals surface area (Å²) in [5.74, 6) is 0.910. The van der Waals surface area contributed by atoms with Crippen molar-refractivity contribution in [1.29, 1.82) is 0 Å². The van der Waals surface area contributed by atoms with Gasteiger partial charge in [-0.25, -0.2) is 0 Å². The van der Waals surface area contributed by atoms with Crippen LogP contribution in [0.4, 0.5) is 0 Å². The maximum Gasteiger partial charge on any atom is 0.151 e. The van der Waals surface area contributed by atoms with Crippen LogP contribution in [0.1, 0.15) is 32.2 Å². The topological polar surface area (TPSA) is 50.5 Å². The molecular weight excluding hydrogens is 230 g/mol. The molecule has 0 amide bonds. The van der Waals surface area contributed by atoms with Crippen LogP contribution in [0.3, 0.4) is 0 Å². The molecule has 0 saturated heterocycles. The van der Waals surface area contributed by atoms with Crippen molar-refractivity contribution in [1.82, 2.24) is 15.4 Å². The Morgan fingerprint density at radius 3 is 2.89 bits per heavy atom. The third-order valence-electron chi connectivity index (χ3n) is 2.96. The van der Waals surface area contributed by atoms with E-state index < -0.39 is 0 Å². The van der Waals surface area contributed by atoms with Crippen molar-refractivity contribution in [3.8, 4) is 0 Å². The van der Waals surface area contributed by atoms with Crippen LogP contribution in [0.2, 0.25) is 0 Å². The lowest BCUT2D eigenvalue weighted by atomic mass is 10.2. The van der Waals surface area contributed by atoms with E-state index in [0.29, 0.717) is 6.04 Å². The molecule has 1 rings (SSSR count). The van der Waals surface area contributed by atoms with E-state index in [0.717, 1.165) is 44.2 Å². The summed E-state index contributed by atoms with van der Waals surface area (Å²) in [4.78, 5) is 2.31. The van der Waals surface area contributed by atoms with Crippen LogP contribution < -0.4 is 5.32 Å². The fourth-order valence-electron chi connectivity index (χ4n) is 1.89. The van der Waals surface area contributed by atoms with Gasteiger partial charge in [-0.1, -0.05) is 19.0 Å². The Morgan fingerprint density at radius 1 is 1.50 bits per heavy atom. The number of methoxy groups -OCH3 is 1. The number of hydrogen-bond acceptors (Lipinski definition) is 5. The monoisotopic (exact) mass is 255 g/mol. The van der Waals surface area contributed by atoms with Gasteiger partial charge in [-0.15, -0.1) is 0 Å². The molecule has 1 atom stereocenters. The summed E-state index contributed by atoms with van der Waals surface area (Å²) in [5, 5.41) is 7.28. The number of nitrogens with zero attached hydrogens (tertiary/aromatic N) is 2. The van der Waals surface area contributed by atoms with Gasteiger partial charge in [0.1, 0.15) is 0 Å². The quantitative estimate of drug-likeness (QED) is 0.727. The zero-order chi connectivity index (χ0) is 13.4. The third kappa shape index (κ3) is 4.76. The second-order valence-corrected chi connectivity index (χ2v) is 4.43. The van der Waals surface area contributed by atoms with Gasteiger partial charge >= 0.3 is 0 Å². The Hall–Kier alpha value is -0.910. The first-order valence-electron chi connectivity index (χ1n) is 6.59. The van der Waals surface area contributed by atoms with Gasteiger partial charge in [0, 0.05) is 25.8 Å². The maximum atomic E-state index is 5.35. The summed E-state index contributed by atoms with van der Waals surface area (Å²) in [7, 11) is 1.73. The van der Waals surface area contributed by atoms with E-state index in [-0.39, 0.29) is 0 Å². The predicted molar refractivity (Wildman–Crippen MR) is 71.3 cm³/mol. The number of rotatable bonds is 9. The minimum atomic E-state index is 0.377. The molecule has 0 aliphatic rings. The van der Waals surface area contributed by atoms with Gasteiger partial charge < -0.3 is 14.6 Å². The molecule has 104 valence electrons. The molecule has 0 saturated carbocycles. The van der Waals surface area contributed by atoms with Crippen molar-refractivity contribution in [2.45, 2.75) is 39.9 Å². The first kappa shape index (κ1) is 15.1. The lowest BCUT2D eigenvalue weighted by Gasteiger charge is -2.25. The average Bonchev–Trinajstić information content (AvgIpc) is 2.81. The second-order valence-electron chi connectivity index (χ2n) is 4.43. The Labute approximate surface area is 109 Å². The summed E-state index contributed by atoms with van der Waals surface area (Å²) in [6.07, 6.45) is 0. The molecule has 0 aliphatic heterocycles. The molecule has 1 N–H and O–H groups in total. The van der Waals surface area contributed by atoms with Crippen LogP contribution in [-0.4, -0.2) is 42.9 Å². The number of hydrogen-bond donors (Lipinski definition) is 1. The van der Waals surface area contributed by atoms with Crippen molar-refractivity contribution in [2.75, 3.05) is 26.8 Å². The van der Waals surface area contributed by atoms with Crippen LogP contribution in [-0.2, 0) is 17.8 Å². The SMILES string of the molecule is CCNCc1cc(CN(CC)C(C)COC)on1. The van der Waals surface area contributed by atoms with Gasteiger partial charge in [-0.2, -0.15) is 0 Å². The fourth-order valence-corrected chi connectivity index (χ4v) is 1.89. The minimum absolute atomic E-state index is 0.377. The second kappa shape index (κ2) is 8.24. The molecule has 18 heavy (non-hydrogen) atoms. The molecule has 0 radical (unpaired) electrons. The van der Waals surface area contributed by atoms with Crippen LogP contribution in [0.25, 0.3) is 0 Å². The highest BCUT2D eigenvalue weighted by atomic mass is 16.5. The van der Waals surface area contributed by atoms with Gasteiger partial charge in [-0.3, -0.25) is 4.90 Å². The molecule has 1 aromatic heterocycles. The Morgan fingerprint density at radius 2 is 2.28 bits per heavy atom. The molecule has 0 aromatic carbocycles. The van der Waals surface area contributed by atoms with Gasteiger partial charge in [0.05, 0.1) is 18.8 Å². The number of likely N-dealkylation sites (N-methyl/N-ethyl adjacent to an activating group) is 1. The van der Waals surface area contributed by atoms with Crippen LogP contribution in [0.15, 0.2) is 10.6 Å². The molecule has 5 nitrogen and oxygen atoms in total. The summed E-state index contributed by atoms with van der Waals surface area (Å²) in [5.41, 5.74) is 0.960. The smallest absolute Gasteiger partial charge is 0.151 e. The zero-order valence-electron chi connectivity index (χ0n) is 11.9. The van der Waals surface area contributed by atoms with E-state index >= 15 is 0 Å². The first-order valence-corrected chi connectivity index (χ1v) is 6.59. The molecule has 0 spiro atoms. The molecule has 0 fully saturated rings. The van der Waals surface area contributed by atoms with Crippen LogP contribution in [0, 0.1) is 0 Å². The summed E-state index contributed by atoms with van der Waals surface area (Å²) < 4.78 is 10.5. The van der Waals surface area contributed by atoms with Crippen molar-refractivity contribution < 1.29 is 9.26 Å². The number of nitrogens with one attached hydrogen (secondary N) is 1. The Bertz CT molecular complexity index is 328. The lowest BCUT2D eigenvalue weighted by Crippen LogP contribution is -2.35. The standard InChI is InChI=1S/C13H25N3O2/c1-5-14-8-12-7-13(18-15-12)9-16(6-2)11(3)10-17-4/h7,11,14H,5-6,8-10H2,1-4H3. The van der Waals surface area contributed by atoms with Gasteiger partial charge in [0.2, 0.25) is 0 Å². The van der Waals surface area contributed by atoms with Gasteiger partial charge in [0.25, 0.3) is 0 Å². The summed E-state index contributed by atoms with van der Waals surface area (Å²) >= 11 is 0. The lowest BCUT2D eigenvalue weighted by molar-refractivity contribution is 0.0920. The van der Waals surface area contributed by atoms with Gasteiger partial charge in [-0.05, 0) is 20.0 Å². The molecule has 1 heterocycles. The fraction of sp³-hybridized carbons (Fsp3) is 0.769. The molecule has 5 heteroatoms. The van der Waals surface area contributed by atoms with Crippen molar-refractivity contribution >= 4 is 0 Å². The molecule has 0 aliphatic carbocycles. The summed E-state index contributed by atoms with van der Waals surface area (Å²) in [6, 6.07) is 2.40. The third-order valence-corrected chi connectivity index (χ3v) is 2.96. The molecular formula is C13H25N3O2. The van der Waals surface area contributed by atoms with E-state index in [4.69, 9.17) is 9.26 Å². The highest BCUT2D eigenvalue weighted by Gasteiger charge is 2.14. The number of aromatic nitrogens is 1. The highest BCUT2D eigenvalue weighted by Crippen LogP contribution is 2.10. The highest BCUT2D eigenvalue weighted by molar-refractivity contribution is 5.05.